The molecule has 2 aliphatic rings. The molecular weight excluding hydrogens is 190 g/mol. The summed E-state index contributed by atoms with van der Waals surface area (Å²) in [5, 5.41) is 3.37. The predicted octanol–water partition coefficient (Wildman–Crippen LogP) is 0.549. The molecule has 1 aromatic rings. The number of fused-ring (bicyclic) bond motifs is 1. The number of amides is 1. The molecule has 4 nitrogen and oxygen atoms in total. The zero-order valence-corrected chi connectivity index (χ0v) is 8.39. The van der Waals surface area contributed by atoms with Crippen LogP contribution in [-0.2, 0) is 4.79 Å². The van der Waals surface area contributed by atoms with Crippen molar-refractivity contribution in [2.45, 2.75) is 24.9 Å². The molecule has 0 bridgehead atoms. The third-order valence-electron chi connectivity index (χ3n) is 3.23. The van der Waals surface area contributed by atoms with E-state index in [2.05, 4.69) is 10.3 Å². The van der Waals surface area contributed by atoms with Gasteiger partial charge in [0.25, 0.3) is 0 Å². The van der Waals surface area contributed by atoms with Crippen molar-refractivity contribution in [1.29, 1.82) is 0 Å². The van der Waals surface area contributed by atoms with Crippen LogP contribution in [0.3, 0.4) is 0 Å². The van der Waals surface area contributed by atoms with E-state index in [1.165, 1.54) is 0 Å². The predicted molar refractivity (Wildman–Crippen MR) is 56.5 cm³/mol. The van der Waals surface area contributed by atoms with E-state index in [-0.39, 0.29) is 5.91 Å². The molecule has 4 heteroatoms. The number of hydrogen-bond donors (Lipinski definition) is 1. The fourth-order valence-electron chi connectivity index (χ4n) is 2.57. The number of aromatic nitrogens is 1. The van der Waals surface area contributed by atoms with E-state index in [0.29, 0.717) is 18.5 Å². The lowest BCUT2D eigenvalue weighted by molar-refractivity contribution is -0.117. The fraction of sp³-hybridized carbons (Fsp3) is 0.455. The summed E-state index contributed by atoms with van der Waals surface area (Å²) in [5.74, 6) is 0.213. The Hall–Kier alpha value is -1.42. The van der Waals surface area contributed by atoms with Crippen LogP contribution in [0, 0.1) is 0 Å². The maximum absolute atomic E-state index is 11.8. The molecule has 1 amide bonds. The molecule has 0 aliphatic carbocycles. The summed E-state index contributed by atoms with van der Waals surface area (Å²) in [6, 6.07) is 4.50. The second-order valence-corrected chi connectivity index (χ2v) is 4.10. The fourth-order valence-corrected chi connectivity index (χ4v) is 2.57. The number of anilines is 1. The topological polar surface area (TPSA) is 45.2 Å². The van der Waals surface area contributed by atoms with E-state index in [4.69, 9.17) is 0 Å². The van der Waals surface area contributed by atoms with Gasteiger partial charge in [-0.1, -0.05) is 0 Å². The van der Waals surface area contributed by atoms with Crippen LogP contribution in [0.4, 0.5) is 5.69 Å². The van der Waals surface area contributed by atoms with Gasteiger partial charge in [-0.05, 0) is 25.1 Å². The lowest BCUT2D eigenvalue weighted by Gasteiger charge is -2.22. The summed E-state index contributed by atoms with van der Waals surface area (Å²) in [4.78, 5) is 17.8. The van der Waals surface area contributed by atoms with Crippen molar-refractivity contribution in [3.63, 3.8) is 0 Å². The average Bonchev–Trinajstić information content (AvgIpc) is 2.78. The van der Waals surface area contributed by atoms with Gasteiger partial charge in [0.05, 0.1) is 17.9 Å². The second-order valence-electron chi connectivity index (χ2n) is 4.10. The number of nitrogens with one attached hydrogen (secondary N) is 1. The maximum atomic E-state index is 11.8. The van der Waals surface area contributed by atoms with Crippen LogP contribution in [-0.4, -0.2) is 29.5 Å². The van der Waals surface area contributed by atoms with Crippen LogP contribution >= 0.6 is 0 Å². The van der Waals surface area contributed by atoms with E-state index in [1.54, 1.807) is 12.4 Å². The molecule has 78 valence electrons. The Bertz CT molecular complexity index is 379. The molecule has 1 aromatic heterocycles. The van der Waals surface area contributed by atoms with E-state index >= 15 is 0 Å². The highest BCUT2D eigenvalue weighted by Crippen LogP contribution is 2.30. The number of pyridine rings is 1. The minimum absolute atomic E-state index is 0.213. The summed E-state index contributed by atoms with van der Waals surface area (Å²) < 4.78 is 0. The van der Waals surface area contributed by atoms with Gasteiger partial charge in [0.2, 0.25) is 5.91 Å². The van der Waals surface area contributed by atoms with Crippen LogP contribution in [0.5, 0.6) is 0 Å². The van der Waals surface area contributed by atoms with Gasteiger partial charge in [0.1, 0.15) is 0 Å². The Morgan fingerprint density at radius 1 is 1.53 bits per heavy atom. The first-order valence-electron chi connectivity index (χ1n) is 5.32. The Balaban J connectivity index is 1.95. The lowest BCUT2D eigenvalue weighted by Crippen LogP contribution is -2.35. The molecule has 2 aliphatic heterocycles. The van der Waals surface area contributed by atoms with Gasteiger partial charge >= 0.3 is 0 Å². The van der Waals surface area contributed by atoms with Crippen molar-refractivity contribution >= 4 is 11.6 Å². The van der Waals surface area contributed by atoms with Crippen molar-refractivity contribution in [1.82, 2.24) is 10.3 Å². The third kappa shape index (κ3) is 1.33. The maximum Gasteiger partial charge on any atom is 0.228 e. The summed E-state index contributed by atoms with van der Waals surface area (Å²) in [5.41, 5.74) is 0.929. The van der Waals surface area contributed by atoms with Crippen molar-refractivity contribution in [2.24, 2.45) is 0 Å². The van der Waals surface area contributed by atoms with Gasteiger partial charge in [-0.2, -0.15) is 0 Å². The second kappa shape index (κ2) is 3.31. The molecule has 0 unspecified atom stereocenters. The normalized spacial score (nSPS) is 29.6. The van der Waals surface area contributed by atoms with E-state index in [1.807, 2.05) is 17.0 Å². The van der Waals surface area contributed by atoms with Crippen molar-refractivity contribution in [2.75, 3.05) is 11.4 Å². The molecule has 0 radical (unpaired) electrons. The highest BCUT2D eigenvalue weighted by molar-refractivity contribution is 5.97. The Kier molecular flexibility index (Phi) is 1.95. The highest BCUT2D eigenvalue weighted by atomic mass is 16.2. The zero-order valence-electron chi connectivity index (χ0n) is 8.39. The van der Waals surface area contributed by atoms with Crippen LogP contribution in [0.15, 0.2) is 24.5 Å². The van der Waals surface area contributed by atoms with Crippen LogP contribution in [0.2, 0.25) is 0 Å². The number of hydrogen-bond acceptors (Lipinski definition) is 3. The third-order valence-corrected chi connectivity index (χ3v) is 3.23. The first kappa shape index (κ1) is 8.85. The van der Waals surface area contributed by atoms with Crippen LogP contribution in [0.25, 0.3) is 0 Å². The summed E-state index contributed by atoms with van der Waals surface area (Å²) in [6.07, 6.45) is 5.16. The van der Waals surface area contributed by atoms with Crippen molar-refractivity contribution in [3.05, 3.63) is 24.5 Å². The molecule has 0 saturated carbocycles. The standard InChI is InChI=1S/C11H13N3O/c15-11-6-9-10(3-5-13-9)14(11)8-2-1-4-12-7-8/h1-2,4,7,9-10,13H,3,5-6H2/t9-,10-/m0/s1. The Morgan fingerprint density at radius 2 is 2.47 bits per heavy atom. The minimum atomic E-state index is 0.213. The molecule has 1 N–H and O–H groups in total. The van der Waals surface area contributed by atoms with Gasteiger partial charge in [-0.15, -0.1) is 0 Å². The first-order valence-corrected chi connectivity index (χ1v) is 5.32. The number of rotatable bonds is 1. The smallest absolute Gasteiger partial charge is 0.228 e. The zero-order chi connectivity index (χ0) is 10.3. The molecule has 2 fully saturated rings. The summed E-state index contributed by atoms with van der Waals surface area (Å²) in [6.45, 7) is 1.01. The van der Waals surface area contributed by atoms with E-state index in [9.17, 15) is 4.79 Å². The number of carbonyl (C=O) groups is 1. The SMILES string of the molecule is O=C1C[C@@H]2NCC[C@@H]2N1c1cccnc1. The molecule has 15 heavy (non-hydrogen) atoms. The highest BCUT2D eigenvalue weighted by Gasteiger charge is 2.42. The van der Waals surface area contributed by atoms with Gasteiger partial charge in [0, 0.05) is 18.7 Å². The van der Waals surface area contributed by atoms with Gasteiger partial charge in [-0.3, -0.25) is 9.78 Å². The molecule has 2 atom stereocenters. The molecule has 3 rings (SSSR count). The van der Waals surface area contributed by atoms with Crippen molar-refractivity contribution in [3.8, 4) is 0 Å². The van der Waals surface area contributed by atoms with Gasteiger partial charge < -0.3 is 10.2 Å². The van der Waals surface area contributed by atoms with Crippen LogP contribution < -0.4 is 10.2 Å². The molecule has 0 aromatic carbocycles. The molecule has 2 saturated heterocycles. The quantitative estimate of drug-likeness (QED) is 0.725. The van der Waals surface area contributed by atoms with E-state index in [0.717, 1.165) is 18.7 Å². The summed E-state index contributed by atoms with van der Waals surface area (Å²) >= 11 is 0. The van der Waals surface area contributed by atoms with Gasteiger partial charge in [-0.25, -0.2) is 0 Å². The molecular formula is C11H13N3O. The Labute approximate surface area is 88.3 Å². The van der Waals surface area contributed by atoms with Crippen molar-refractivity contribution < 1.29 is 4.79 Å². The van der Waals surface area contributed by atoms with Gasteiger partial charge in [0.15, 0.2) is 0 Å². The minimum Gasteiger partial charge on any atom is -0.311 e. The number of carbonyl (C=O) groups excluding carboxylic acids is 1. The molecule has 0 spiro atoms. The monoisotopic (exact) mass is 203 g/mol. The summed E-state index contributed by atoms with van der Waals surface area (Å²) in [7, 11) is 0. The van der Waals surface area contributed by atoms with Crippen LogP contribution in [0.1, 0.15) is 12.8 Å². The van der Waals surface area contributed by atoms with E-state index < -0.39 is 0 Å². The Morgan fingerprint density at radius 3 is 3.27 bits per heavy atom. The molecule has 3 heterocycles. The lowest BCUT2D eigenvalue weighted by atomic mass is 10.1. The first-order chi connectivity index (χ1) is 7.36. The average molecular weight is 203 g/mol. The number of nitrogens with zero attached hydrogens (tertiary/aromatic N) is 2. The largest absolute Gasteiger partial charge is 0.311 e.